The summed E-state index contributed by atoms with van der Waals surface area (Å²) in [5, 5.41) is 3.37. The molecule has 5 nitrogen and oxygen atoms in total. The minimum absolute atomic E-state index is 0.104. The van der Waals surface area contributed by atoms with Crippen molar-refractivity contribution in [2.24, 2.45) is 0 Å². The summed E-state index contributed by atoms with van der Waals surface area (Å²) in [6.07, 6.45) is -4.23. The van der Waals surface area contributed by atoms with E-state index in [0.717, 1.165) is 16.7 Å². The van der Waals surface area contributed by atoms with E-state index in [1.807, 2.05) is 0 Å². The van der Waals surface area contributed by atoms with Crippen LogP contribution in [0.2, 0.25) is 0 Å². The molecule has 1 aromatic heterocycles. The first kappa shape index (κ1) is 17.9. The van der Waals surface area contributed by atoms with E-state index >= 15 is 0 Å². The SMILES string of the molecule is CC[C@H](NC(=O)CS(=O)(=O)CC)c1nc(C(F)(F)F)cs1. The molecular formula is C11H15F3N2O3S2. The minimum Gasteiger partial charge on any atom is -0.346 e. The van der Waals surface area contributed by atoms with E-state index in [-0.39, 0.29) is 10.8 Å². The van der Waals surface area contributed by atoms with Crippen LogP contribution in [0.5, 0.6) is 0 Å². The van der Waals surface area contributed by atoms with E-state index in [1.165, 1.54) is 6.92 Å². The Morgan fingerprint density at radius 1 is 1.43 bits per heavy atom. The molecule has 10 heteroatoms. The Kier molecular flexibility index (Phi) is 5.74. The molecule has 1 rings (SSSR count). The molecule has 1 aromatic rings. The number of nitrogens with zero attached hydrogens (tertiary/aromatic N) is 1. The molecule has 0 fully saturated rings. The Hall–Kier alpha value is -1.16. The lowest BCUT2D eigenvalue weighted by atomic mass is 10.2. The van der Waals surface area contributed by atoms with Crippen molar-refractivity contribution in [2.45, 2.75) is 32.5 Å². The third kappa shape index (κ3) is 5.27. The summed E-state index contributed by atoms with van der Waals surface area (Å²) < 4.78 is 60.1. The van der Waals surface area contributed by atoms with Gasteiger partial charge in [0.2, 0.25) is 5.91 Å². The van der Waals surface area contributed by atoms with E-state index in [1.54, 1.807) is 6.92 Å². The van der Waals surface area contributed by atoms with Crippen LogP contribution in [0.25, 0.3) is 0 Å². The first-order valence-corrected chi connectivity index (χ1v) is 8.81. The molecule has 0 bridgehead atoms. The van der Waals surface area contributed by atoms with Crippen molar-refractivity contribution >= 4 is 27.1 Å². The highest BCUT2D eigenvalue weighted by Gasteiger charge is 2.34. The van der Waals surface area contributed by atoms with Gasteiger partial charge in [0.15, 0.2) is 15.5 Å². The molecule has 1 amide bonds. The summed E-state index contributed by atoms with van der Waals surface area (Å²) in [5.74, 6) is -1.60. The number of carbonyl (C=O) groups excluding carboxylic acids is 1. The molecule has 1 atom stereocenters. The molecule has 0 aliphatic rings. The zero-order valence-corrected chi connectivity index (χ0v) is 13.0. The van der Waals surface area contributed by atoms with Gasteiger partial charge in [0.25, 0.3) is 0 Å². The molecule has 21 heavy (non-hydrogen) atoms. The van der Waals surface area contributed by atoms with Gasteiger partial charge in [-0.05, 0) is 6.42 Å². The van der Waals surface area contributed by atoms with E-state index in [9.17, 15) is 26.4 Å². The summed E-state index contributed by atoms with van der Waals surface area (Å²) >= 11 is 0.780. The van der Waals surface area contributed by atoms with Gasteiger partial charge in [0.1, 0.15) is 10.8 Å². The van der Waals surface area contributed by atoms with E-state index in [4.69, 9.17) is 0 Å². The predicted octanol–water partition coefficient (Wildman–Crippen LogP) is 2.16. The van der Waals surface area contributed by atoms with E-state index < -0.39 is 39.4 Å². The van der Waals surface area contributed by atoms with Gasteiger partial charge in [0, 0.05) is 11.1 Å². The van der Waals surface area contributed by atoms with Crippen LogP contribution in [-0.2, 0) is 20.8 Å². The zero-order chi connectivity index (χ0) is 16.3. The van der Waals surface area contributed by atoms with Crippen LogP contribution >= 0.6 is 11.3 Å². The summed E-state index contributed by atoms with van der Waals surface area (Å²) in [5.41, 5.74) is -1.02. The Morgan fingerprint density at radius 3 is 2.48 bits per heavy atom. The fourth-order valence-corrected chi connectivity index (χ4v) is 3.10. The van der Waals surface area contributed by atoms with Crippen LogP contribution < -0.4 is 5.32 Å². The van der Waals surface area contributed by atoms with Crippen LogP contribution in [0.4, 0.5) is 13.2 Å². The van der Waals surface area contributed by atoms with Gasteiger partial charge in [-0.25, -0.2) is 13.4 Å². The second-order valence-electron chi connectivity index (χ2n) is 4.27. The molecule has 0 aromatic carbocycles. The van der Waals surface area contributed by atoms with Gasteiger partial charge < -0.3 is 5.32 Å². The Labute approximate surface area is 124 Å². The number of hydrogen-bond donors (Lipinski definition) is 1. The van der Waals surface area contributed by atoms with Gasteiger partial charge >= 0.3 is 6.18 Å². The molecule has 1 N–H and O–H groups in total. The number of halogens is 3. The van der Waals surface area contributed by atoms with Gasteiger partial charge in [-0.1, -0.05) is 13.8 Å². The molecular weight excluding hydrogens is 329 g/mol. The van der Waals surface area contributed by atoms with Crippen LogP contribution in [0.1, 0.15) is 37.0 Å². The quantitative estimate of drug-likeness (QED) is 0.858. The fraction of sp³-hybridized carbons (Fsp3) is 0.636. The van der Waals surface area contributed by atoms with Crippen LogP contribution in [0, 0.1) is 0 Å². The maximum Gasteiger partial charge on any atom is 0.434 e. The van der Waals surface area contributed by atoms with Crippen molar-refractivity contribution in [3.63, 3.8) is 0 Å². The lowest BCUT2D eigenvalue weighted by Gasteiger charge is -2.14. The molecule has 0 aliphatic heterocycles. The number of nitrogens with one attached hydrogen (secondary N) is 1. The minimum atomic E-state index is -4.54. The fourth-order valence-electron chi connectivity index (χ4n) is 1.45. The van der Waals surface area contributed by atoms with Crippen molar-refractivity contribution in [2.75, 3.05) is 11.5 Å². The molecule has 0 spiro atoms. The first-order valence-electron chi connectivity index (χ1n) is 6.11. The lowest BCUT2D eigenvalue weighted by Crippen LogP contribution is -2.33. The third-order valence-electron chi connectivity index (χ3n) is 2.64. The van der Waals surface area contributed by atoms with Gasteiger partial charge in [-0.15, -0.1) is 11.3 Å². The Morgan fingerprint density at radius 2 is 2.05 bits per heavy atom. The molecule has 0 saturated carbocycles. The zero-order valence-electron chi connectivity index (χ0n) is 11.4. The number of amides is 1. The number of sulfone groups is 1. The summed E-state index contributed by atoms with van der Waals surface area (Å²) in [6, 6.07) is -0.731. The summed E-state index contributed by atoms with van der Waals surface area (Å²) in [4.78, 5) is 15.1. The number of carbonyl (C=O) groups is 1. The maximum atomic E-state index is 12.5. The molecule has 120 valence electrons. The maximum absolute atomic E-state index is 12.5. The van der Waals surface area contributed by atoms with E-state index in [2.05, 4.69) is 10.3 Å². The largest absolute Gasteiger partial charge is 0.434 e. The lowest BCUT2D eigenvalue weighted by molar-refractivity contribution is -0.140. The molecule has 0 aliphatic carbocycles. The number of hydrogen-bond acceptors (Lipinski definition) is 5. The van der Waals surface area contributed by atoms with Crippen LogP contribution in [-0.4, -0.2) is 30.8 Å². The first-order chi connectivity index (χ1) is 9.59. The second-order valence-corrected chi connectivity index (χ2v) is 7.52. The molecule has 0 saturated heterocycles. The van der Waals surface area contributed by atoms with Crippen LogP contribution in [0.3, 0.4) is 0 Å². The number of rotatable bonds is 6. The topological polar surface area (TPSA) is 76.1 Å². The normalized spacial score (nSPS) is 14.0. The molecule has 0 unspecified atom stereocenters. The highest BCUT2D eigenvalue weighted by molar-refractivity contribution is 7.92. The second kappa shape index (κ2) is 6.73. The average molecular weight is 344 g/mol. The summed E-state index contributed by atoms with van der Waals surface area (Å²) in [6.45, 7) is 3.07. The third-order valence-corrected chi connectivity index (χ3v) is 5.18. The Bertz CT molecular complexity index is 596. The predicted molar refractivity (Wildman–Crippen MR) is 72.6 cm³/mol. The molecule has 0 radical (unpaired) electrons. The van der Waals surface area contributed by atoms with E-state index in [0.29, 0.717) is 6.42 Å². The monoisotopic (exact) mass is 344 g/mol. The standard InChI is InChI=1S/C11H15F3N2O3S2/c1-3-7(15-9(17)6-21(18,19)4-2)10-16-8(5-20-10)11(12,13)14/h5,7H,3-4,6H2,1-2H3,(H,15,17)/t7-/m0/s1. The van der Waals surface area contributed by atoms with Gasteiger partial charge in [0.05, 0.1) is 6.04 Å². The number of aromatic nitrogens is 1. The highest BCUT2D eigenvalue weighted by Crippen LogP contribution is 2.32. The number of thiazole rings is 1. The summed E-state index contributed by atoms with van der Waals surface area (Å²) in [7, 11) is -3.48. The van der Waals surface area contributed by atoms with Crippen LogP contribution in [0.15, 0.2) is 5.38 Å². The smallest absolute Gasteiger partial charge is 0.346 e. The Balaban J connectivity index is 2.80. The average Bonchev–Trinajstić information content (AvgIpc) is 2.84. The molecule has 1 heterocycles. The van der Waals surface area contributed by atoms with Crippen molar-refractivity contribution in [3.05, 3.63) is 16.1 Å². The highest BCUT2D eigenvalue weighted by atomic mass is 32.2. The van der Waals surface area contributed by atoms with Crippen molar-refractivity contribution < 1.29 is 26.4 Å². The van der Waals surface area contributed by atoms with Crippen molar-refractivity contribution in [1.29, 1.82) is 0 Å². The number of alkyl halides is 3. The van der Waals surface area contributed by atoms with Crippen molar-refractivity contribution in [3.8, 4) is 0 Å². The van der Waals surface area contributed by atoms with Gasteiger partial charge in [-0.3, -0.25) is 4.79 Å². The van der Waals surface area contributed by atoms with Crippen molar-refractivity contribution in [1.82, 2.24) is 10.3 Å². The van der Waals surface area contributed by atoms with Gasteiger partial charge in [-0.2, -0.15) is 13.2 Å².